The van der Waals surface area contributed by atoms with Crippen LogP contribution in [0.5, 0.6) is 0 Å². The van der Waals surface area contributed by atoms with Gasteiger partial charge in [-0.3, -0.25) is 4.90 Å². The minimum absolute atomic E-state index is 0.166. The zero-order valence-electron chi connectivity index (χ0n) is 14.2. The highest BCUT2D eigenvalue weighted by Crippen LogP contribution is 2.26. The number of para-hydroxylation sites is 1. The summed E-state index contributed by atoms with van der Waals surface area (Å²) in [6.07, 6.45) is 2.09. The molecule has 1 aromatic heterocycles. The van der Waals surface area contributed by atoms with Crippen molar-refractivity contribution in [1.82, 2.24) is 10.1 Å². The van der Waals surface area contributed by atoms with Gasteiger partial charge in [0.05, 0.1) is 5.39 Å². The summed E-state index contributed by atoms with van der Waals surface area (Å²) in [5, 5.41) is 5.34. The fraction of sp³-hybridized carbons (Fsp3) is 0.350. The molecule has 130 valence electrons. The van der Waals surface area contributed by atoms with Crippen LogP contribution in [0.3, 0.4) is 0 Å². The van der Waals surface area contributed by atoms with Crippen LogP contribution in [0.15, 0.2) is 53.1 Å². The summed E-state index contributed by atoms with van der Waals surface area (Å²) in [6, 6.07) is 14.8. The molecule has 2 heterocycles. The van der Waals surface area contributed by atoms with Crippen LogP contribution in [-0.4, -0.2) is 42.8 Å². The number of halogens is 1. The zero-order chi connectivity index (χ0) is 17.1. The second-order valence-corrected chi connectivity index (χ2v) is 6.56. The molecule has 0 amide bonds. The first-order valence-electron chi connectivity index (χ1n) is 8.86. The van der Waals surface area contributed by atoms with E-state index in [0.717, 1.165) is 62.4 Å². The topological polar surface area (TPSA) is 32.5 Å². The van der Waals surface area contributed by atoms with Crippen LogP contribution in [0, 0.1) is 5.82 Å². The van der Waals surface area contributed by atoms with Crippen molar-refractivity contribution in [2.45, 2.75) is 12.8 Å². The van der Waals surface area contributed by atoms with Gasteiger partial charge in [0.1, 0.15) is 5.82 Å². The van der Waals surface area contributed by atoms with Crippen LogP contribution in [0.1, 0.15) is 12.0 Å². The molecule has 1 saturated heterocycles. The van der Waals surface area contributed by atoms with Crippen LogP contribution in [0.25, 0.3) is 11.0 Å². The molecule has 1 aliphatic heterocycles. The predicted molar refractivity (Wildman–Crippen MR) is 97.4 cm³/mol. The van der Waals surface area contributed by atoms with Crippen LogP contribution in [0.4, 0.5) is 10.2 Å². The number of hydrogen-bond donors (Lipinski definition) is 0. The molecule has 0 N–H and O–H groups in total. The number of aryl methyl sites for hydroxylation is 1. The molecule has 1 aliphatic rings. The van der Waals surface area contributed by atoms with Crippen molar-refractivity contribution in [2.75, 3.05) is 37.6 Å². The van der Waals surface area contributed by atoms with Crippen LogP contribution in [0.2, 0.25) is 0 Å². The number of anilines is 1. The summed E-state index contributed by atoms with van der Waals surface area (Å²) in [4.78, 5) is 4.80. The molecule has 0 unspecified atom stereocenters. The van der Waals surface area contributed by atoms with Crippen molar-refractivity contribution < 1.29 is 8.91 Å². The Morgan fingerprint density at radius 1 is 0.960 bits per heavy atom. The van der Waals surface area contributed by atoms with Gasteiger partial charge in [0.2, 0.25) is 0 Å². The van der Waals surface area contributed by atoms with Gasteiger partial charge in [-0.15, -0.1) is 0 Å². The summed E-state index contributed by atoms with van der Waals surface area (Å²) in [7, 11) is 0. The first-order valence-corrected chi connectivity index (χ1v) is 8.86. The number of piperazine rings is 1. The number of rotatable bonds is 5. The van der Waals surface area contributed by atoms with E-state index in [0.29, 0.717) is 0 Å². The van der Waals surface area contributed by atoms with Crippen molar-refractivity contribution in [2.24, 2.45) is 0 Å². The van der Waals surface area contributed by atoms with E-state index in [4.69, 9.17) is 4.52 Å². The molecular weight excluding hydrogens is 317 g/mol. The van der Waals surface area contributed by atoms with Gasteiger partial charge in [-0.2, -0.15) is 0 Å². The minimum atomic E-state index is -0.166. The van der Waals surface area contributed by atoms with Crippen LogP contribution in [-0.2, 0) is 6.42 Å². The highest BCUT2D eigenvalue weighted by atomic mass is 19.1. The van der Waals surface area contributed by atoms with E-state index in [1.807, 2.05) is 30.3 Å². The first-order chi connectivity index (χ1) is 12.3. The molecule has 25 heavy (non-hydrogen) atoms. The second kappa shape index (κ2) is 7.23. The Balaban J connectivity index is 1.27. The molecule has 0 atom stereocenters. The lowest BCUT2D eigenvalue weighted by molar-refractivity contribution is 0.254. The van der Waals surface area contributed by atoms with E-state index in [1.165, 1.54) is 17.7 Å². The van der Waals surface area contributed by atoms with E-state index >= 15 is 0 Å². The van der Waals surface area contributed by atoms with Gasteiger partial charge in [0.25, 0.3) is 0 Å². The zero-order valence-corrected chi connectivity index (χ0v) is 14.2. The molecule has 1 fully saturated rings. The Morgan fingerprint density at radius 3 is 2.52 bits per heavy atom. The molecule has 0 spiro atoms. The van der Waals surface area contributed by atoms with Crippen molar-refractivity contribution in [1.29, 1.82) is 0 Å². The van der Waals surface area contributed by atoms with E-state index in [1.54, 1.807) is 0 Å². The van der Waals surface area contributed by atoms with Gasteiger partial charge in [-0.05, 0) is 49.2 Å². The van der Waals surface area contributed by atoms with Gasteiger partial charge < -0.3 is 9.42 Å². The fourth-order valence-electron chi connectivity index (χ4n) is 3.44. The van der Waals surface area contributed by atoms with E-state index in [2.05, 4.69) is 21.0 Å². The molecular formula is C20H22FN3O. The summed E-state index contributed by atoms with van der Waals surface area (Å²) in [5.74, 6) is 0.793. The molecule has 5 heteroatoms. The molecule has 0 bridgehead atoms. The first kappa shape index (κ1) is 16.1. The lowest BCUT2D eigenvalue weighted by Gasteiger charge is -2.34. The smallest absolute Gasteiger partial charge is 0.180 e. The Kier molecular flexibility index (Phi) is 4.65. The average molecular weight is 339 g/mol. The van der Waals surface area contributed by atoms with Gasteiger partial charge in [0, 0.05) is 26.2 Å². The molecule has 0 aliphatic carbocycles. The lowest BCUT2D eigenvalue weighted by atomic mass is 10.1. The largest absolute Gasteiger partial charge is 0.354 e. The summed E-state index contributed by atoms with van der Waals surface area (Å²) in [6.45, 7) is 5.07. The normalized spacial score (nSPS) is 15.8. The highest BCUT2D eigenvalue weighted by Gasteiger charge is 2.21. The highest BCUT2D eigenvalue weighted by molar-refractivity contribution is 5.88. The standard InChI is InChI=1S/C20H22FN3O/c21-17-9-7-16(8-10-17)4-3-11-23-12-14-24(15-13-23)20-18-5-1-2-6-19(18)25-22-20/h1-2,5-10H,3-4,11-15H2. The monoisotopic (exact) mass is 339 g/mol. The van der Waals surface area contributed by atoms with Gasteiger partial charge in [0.15, 0.2) is 11.4 Å². The number of nitrogens with zero attached hydrogens (tertiary/aromatic N) is 3. The third-order valence-corrected chi connectivity index (χ3v) is 4.88. The van der Waals surface area contributed by atoms with E-state index in [9.17, 15) is 4.39 Å². The number of hydrogen-bond acceptors (Lipinski definition) is 4. The van der Waals surface area contributed by atoms with Gasteiger partial charge in [-0.1, -0.05) is 29.4 Å². The number of benzene rings is 2. The quantitative estimate of drug-likeness (QED) is 0.709. The summed E-state index contributed by atoms with van der Waals surface area (Å²) >= 11 is 0. The number of fused-ring (bicyclic) bond motifs is 1. The maximum Gasteiger partial charge on any atom is 0.180 e. The van der Waals surface area contributed by atoms with Crippen LogP contribution >= 0.6 is 0 Å². The Bertz CT molecular complexity index is 822. The lowest BCUT2D eigenvalue weighted by Crippen LogP contribution is -2.46. The Labute approximate surface area is 146 Å². The average Bonchev–Trinajstić information content (AvgIpc) is 3.08. The fourth-order valence-corrected chi connectivity index (χ4v) is 3.44. The predicted octanol–water partition coefficient (Wildman–Crippen LogP) is 3.72. The van der Waals surface area contributed by atoms with Crippen molar-refractivity contribution >= 4 is 16.8 Å². The second-order valence-electron chi connectivity index (χ2n) is 6.56. The Morgan fingerprint density at radius 2 is 1.72 bits per heavy atom. The molecule has 3 aromatic rings. The summed E-state index contributed by atoms with van der Waals surface area (Å²) < 4.78 is 18.3. The molecule has 0 radical (unpaired) electrons. The number of aromatic nitrogens is 1. The molecule has 2 aromatic carbocycles. The van der Waals surface area contributed by atoms with Gasteiger partial charge >= 0.3 is 0 Å². The molecule has 4 rings (SSSR count). The van der Waals surface area contributed by atoms with Crippen molar-refractivity contribution in [3.05, 3.63) is 59.9 Å². The third-order valence-electron chi connectivity index (χ3n) is 4.88. The molecule has 0 saturated carbocycles. The van der Waals surface area contributed by atoms with Crippen molar-refractivity contribution in [3.8, 4) is 0 Å². The minimum Gasteiger partial charge on any atom is -0.354 e. The maximum absolute atomic E-state index is 12.9. The SMILES string of the molecule is Fc1ccc(CCCN2CCN(c3noc4ccccc34)CC2)cc1. The molecule has 4 nitrogen and oxygen atoms in total. The van der Waals surface area contributed by atoms with Gasteiger partial charge in [-0.25, -0.2) is 4.39 Å². The van der Waals surface area contributed by atoms with Crippen molar-refractivity contribution in [3.63, 3.8) is 0 Å². The van der Waals surface area contributed by atoms with E-state index in [-0.39, 0.29) is 5.82 Å². The van der Waals surface area contributed by atoms with E-state index < -0.39 is 0 Å². The maximum atomic E-state index is 12.9. The summed E-state index contributed by atoms with van der Waals surface area (Å²) in [5.41, 5.74) is 2.05. The Hall–Kier alpha value is -2.40. The van der Waals surface area contributed by atoms with Crippen LogP contribution < -0.4 is 4.90 Å². The third kappa shape index (κ3) is 3.66.